The van der Waals surface area contributed by atoms with Crippen LogP contribution in [0.4, 0.5) is 10.5 Å². The zero-order chi connectivity index (χ0) is 23.1. The molecule has 2 N–H and O–H groups in total. The minimum Gasteiger partial charge on any atom is -0.377 e. The SMILES string of the molecule is CCN(CCC(C)c1ccc(C#N)cn1)C(=O)c1ccc(C)c(NC(=O)NC2COC2)c1. The van der Waals surface area contributed by atoms with Crippen molar-refractivity contribution in [2.45, 2.75) is 39.2 Å². The smallest absolute Gasteiger partial charge is 0.319 e. The van der Waals surface area contributed by atoms with Crippen molar-refractivity contribution in [2.75, 3.05) is 31.6 Å². The number of nitrogens with one attached hydrogen (secondary N) is 2. The van der Waals surface area contributed by atoms with Gasteiger partial charge in [0, 0.05) is 42.1 Å². The molecule has 0 radical (unpaired) electrons. The van der Waals surface area contributed by atoms with Crippen LogP contribution in [-0.4, -0.2) is 54.2 Å². The molecule has 2 aromatic rings. The van der Waals surface area contributed by atoms with Crippen LogP contribution in [0.25, 0.3) is 0 Å². The van der Waals surface area contributed by atoms with Crippen molar-refractivity contribution in [2.24, 2.45) is 0 Å². The number of nitriles is 1. The van der Waals surface area contributed by atoms with E-state index in [0.29, 0.717) is 43.1 Å². The van der Waals surface area contributed by atoms with E-state index in [-0.39, 0.29) is 23.9 Å². The Morgan fingerprint density at radius 2 is 2.09 bits per heavy atom. The fraction of sp³-hybridized carbons (Fsp3) is 0.417. The summed E-state index contributed by atoms with van der Waals surface area (Å²) in [6.07, 6.45) is 2.32. The maximum atomic E-state index is 13.1. The number of amides is 3. The summed E-state index contributed by atoms with van der Waals surface area (Å²) in [5.41, 5.74) is 3.45. The highest BCUT2D eigenvalue weighted by Crippen LogP contribution is 2.21. The van der Waals surface area contributed by atoms with Crippen LogP contribution in [0.2, 0.25) is 0 Å². The molecule has 168 valence electrons. The molecule has 1 aliphatic rings. The van der Waals surface area contributed by atoms with Crippen molar-refractivity contribution in [1.29, 1.82) is 5.26 Å². The minimum atomic E-state index is -0.304. The van der Waals surface area contributed by atoms with Gasteiger partial charge in [0.15, 0.2) is 0 Å². The Hall–Kier alpha value is -3.44. The summed E-state index contributed by atoms with van der Waals surface area (Å²) in [5.74, 6) is 0.0716. The van der Waals surface area contributed by atoms with Gasteiger partial charge in [-0.05, 0) is 50.1 Å². The van der Waals surface area contributed by atoms with E-state index in [9.17, 15) is 9.59 Å². The molecule has 3 amide bonds. The molecule has 1 fully saturated rings. The van der Waals surface area contributed by atoms with Crippen molar-refractivity contribution in [3.05, 3.63) is 58.9 Å². The van der Waals surface area contributed by atoms with E-state index >= 15 is 0 Å². The zero-order valence-electron chi connectivity index (χ0n) is 18.7. The molecule has 1 saturated heterocycles. The molecule has 2 heterocycles. The van der Waals surface area contributed by atoms with Gasteiger partial charge in [-0.1, -0.05) is 13.0 Å². The molecule has 0 aliphatic carbocycles. The van der Waals surface area contributed by atoms with Gasteiger partial charge in [-0.15, -0.1) is 0 Å². The molecular weight excluding hydrogens is 406 g/mol. The van der Waals surface area contributed by atoms with Crippen LogP contribution in [0.5, 0.6) is 0 Å². The Labute approximate surface area is 188 Å². The maximum Gasteiger partial charge on any atom is 0.319 e. The third-order valence-corrected chi connectivity index (χ3v) is 5.63. The fourth-order valence-electron chi connectivity index (χ4n) is 3.40. The first kappa shape index (κ1) is 23.2. The standard InChI is InChI=1S/C24H29N5O3/c1-4-29(10-9-17(3)21-8-6-18(12-25)13-26-21)23(30)19-7-5-16(2)22(11-19)28-24(31)27-20-14-32-15-20/h5-8,11,13,17,20H,4,9-10,14-15H2,1-3H3,(H2,27,28,31). The number of aromatic nitrogens is 1. The van der Waals surface area contributed by atoms with E-state index < -0.39 is 0 Å². The third kappa shape index (κ3) is 5.83. The van der Waals surface area contributed by atoms with E-state index in [4.69, 9.17) is 10.00 Å². The quantitative estimate of drug-likeness (QED) is 0.660. The maximum absolute atomic E-state index is 13.1. The highest BCUT2D eigenvalue weighted by atomic mass is 16.5. The van der Waals surface area contributed by atoms with Crippen LogP contribution in [0.1, 0.15) is 53.4 Å². The number of rotatable bonds is 8. The second kappa shape index (κ2) is 10.7. The van der Waals surface area contributed by atoms with Crippen molar-refractivity contribution in [3.8, 4) is 6.07 Å². The van der Waals surface area contributed by atoms with Gasteiger partial charge in [0.05, 0.1) is 24.8 Å². The molecule has 0 saturated carbocycles. The second-order valence-corrected chi connectivity index (χ2v) is 8.02. The van der Waals surface area contributed by atoms with Crippen LogP contribution >= 0.6 is 0 Å². The second-order valence-electron chi connectivity index (χ2n) is 8.02. The Morgan fingerprint density at radius 1 is 1.31 bits per heavy atom. The van der Waals surface area contributed by atoms with Crippen LogP contribution in [0, 0.1) is 18.3 Å². The monoisotopic (exact) mass is 435 g/mol. The van der Waals surface area contributed by atoms with Crippen LogP contribution < -0.4 is 10.6 Å². The Kier molecular flexibility index (Phi) is 7.79. The highest BCUT2D eigenvalue weighted by molar-refractivity contribution is 5.97. The lowest BCUT2D eigenvalue weighted by atomic mass is 10.0. The molecule has 1 unspecified atom stereocenters. The number of pyridine rings is 1. The lowest BCUT2D eigenvalue weighted by molar-refractivity contribution is 0.000734. The molecule has 1 aromatic carbocycles. The number of anilines is 1. The first-order valence-electron chi connectivity index (χ1n) is 10.8. The van der Waals surface area contributed by atoms with Gasteiger partial charge in [-0.25, -0.2) is 4.79 Å². The number of ether oxygens (including phenoxy) is 1. The molecule has 0 spiro atoms. The first-order chi connectivity index (χ1) is 15.4. The molecule has 1 atom stereocenters. The molecular formula is C24H29N5O3. The van der Waals surface area contributed by atoms with Gasteiger partial charge in [0.25, 0.3) is 5.91 Å². The number of carbonyl (C=O) groups excluding carboxylic acids is 2. The van der Waals surface area contributed by atoms with Crippen LogP contribution in [0.3, 0.4) is 0 Å². The predicted molar refractivity (Wildman–Crippen MR) is 122 cm³/mol. The lowest BCUT2D eigenvalue weighted by Gasteiger charge is -2.27. The van der Waals surface area contributed by atoms with Crippen molar-refractivity contribution >= 4 is 17.6 Å². The molecule has 8 nitrogen and oxygen atoms in total. The van der Waals surface area contributed by atoms with Gasteiger partial charge in [0.2, 0.25) is 0 Å². The van der Waals surface area contributed by atoms with Crippen LogP contribution in [0.15, 0.2) is 36.5 Å². The van der Waals surface area contributed by atoms with E-state index in [0.717, 1.165) is 17.7 Å². The summed E-state index contributed by atoms with van der Waals surface area (Å²) in [6.45, 7) is 8.10. The summed E-state index contributed by atoms with van der Waals surface area (Å²) >= 11 is 0. The lowest BCUT2D eigenvalue weighted by Crippen LogP contribution is -2.50. The zero-order valence-corrected chi connectivity index (χ0v) is 18.7. The average Bonchev–Trinajstić information content (AvgIpc) is 2.78. The average molecular weight is 436 g/mol. The van der Waals surface area contributed by atoms with E-state index in [1.54, 1.807) is 29.3 Å². The Morgan fingerprint density at radius 3 is 2.69 bits per heavy atom. The molecule has 0 bridgehead atoms. The summed E-state index contributed by atoms with van der Waals surface area (Å²) in [7, 11) is 0. The minimum absolute atomic E-state index is 0.0308. The summed E-state index contributed by atoms with van der Waals surface area (Å²) in [5, 5.41) is 14.6. The summed E-state index contributed by atoms with van der Waals surface area (Å²) in [6, 6.07) is 10.8. The van der Waals surface area contributed by atoms with Crippen molar-refractivity contribution in [3.63, 3.8) is 0 Å². The molecule has 1 aliphatic heterocycles. The van der Waals surface area contributed by atoms with E-state index in [2.05, 4.69) is 28.6 Å². The number of benzene rings is 1. The molecule has 3 rings (SSSR count). The summed E-state index contributed by atoms with van der Waals surface area (Å²) < 4.78 is 5.07. The topological polar surface area (TPSA) is 107 Å². The molecule has 32 heavy (non-hydrogen) atoms. The normalized spacial score (nSPS) is 14.1. The highest BCUT2D eigenvalue weighted by Gasteiger charge is 2.21. The molecule has 1 aromatic heterocycles. The van der Waals surface area contributed by atoms with Crippen molar-refractivity contribution < 1.29 is 14.3 Å². The van der Waals surface area contributed by atoms with Gasteiger partial charge in [-0.3, -0.25) is 9.78 Å². The number of hydrogen-bond acceptors (Lipinski definition) is 5. The van der Waals surface area contributed by atoms with Crippen molar-refractivity contribution in [1.82, 2.24) is 15.2 Å². The Bertz CT molecular complexity index is 996. The number of nitrogens with zero attached hydrogens (tertiary/aromatic N) is 3. The Balaban J connectivity index is 1.62. The van der Waals surface area contributed by atoms with Gasteiger partial charge in [-0.2, -0.15) is 5.26 Å². The predicted octanol–water partition coefficient (Wildman–Crippen LogP) is 3.44. The van der Waals surface area contributed by atoms with Gasteiger partial charge in [0.1, 0.15) is 6.07 Å². The molecule has 8 heteroatoms. The van der Waals surface area contributed by atoms with Gasteiger partial charge < -0.3 is 20.3 Å². The van der Waals surface area contributed by atoms with E-state index in [1.807, 2.05) is 26.0 Å². The number of carbonyl (C=O) groups is 2. The summed E-state index contributed by atoms with van der Waals surface area (Å²) in [4.78, 5) is 31.5. The van der Waals surface area contributed by atoms with Crippen LogP contribution in [-0.2, 0) is 4.74 Å². The first-order valence-corrected chi connectivity index (χ1v) is 10.8. The fourth-order valence-corrected chi connectivity index (χ4v) is 3.40. The van der Waals surface area contributed by atoms with Gasteiger partial charge >= 0.3 is 6.03 Å². The number of hydrogen-bond donors (Lipinski definition) is 2. The third-order valence-electron chi connectivity index (χ3n) is 5.63. The largest absolute Gasteiger partial charge is 0.377 e. The van der Waals surface area contributed by atoms with E-state index in [1.165, 1.54) is 0 Å². The number of aryl methyl sites for hydroxylation is 1. The number of urea groups is 1.